The monoisotopic (exact) mass is 353 g/mol. The van der Waals surface area contributed by atoms with Crippen molar-refractivity contribution in [3.63, 3.8) is 0 Å². The molecule has 0 atom stereocenters. The van der Waals surface area contributed by atoms with E-state index in [9.17, 15) is 9.59 Å². The van der Waals surface area contributed by atoms with Gasteiger partial charge >= 0.3 is 0 Å². The highest BCUT2D eigenvalue weighted by Crippen LogP contribution is 2.18. The van der Waals surface area contributed by atoms with E-state index in [0.717, 1.165) is 10.9 Å². The van der Waals surface area contributed by atoms with Crippen molar-refractivity contribution in [3.05, 3.63) is 48.4 Å². The van der Waals surface area contributed by atoms with Gasteiger partial charge in [-0.15, -0.1) is 0 Å². The molecule has 0 radical (unpaired) electrons. The van der Waals surface area contributed by atoms with Crippen LogP contribution in [0.1, 0.15) is 10.4 Å². The fourth-order valence-electron chi connectivity index (χ4n) is 3.04. The number of hydrogen-bond donors (Lipinski definition) is 2. The zero-order chi connectivity index (χ0) is 17.9. The lowest BCUT2D eigenvalue weighted by molar-refractivity contribution is -0.136. The number of nitrogens with zero attached hydrogens (tertiary/aromatic N) is 3. The van der Waals surface area contributed by atoms with E-state index in [2.05, 4.69) is 15.4 Å². The molecule has 134 valence electrons. The number of amides is 2. The van der Waals surface area contributed by atoms with Crippen LogP contribution in [-0.2, 0) is 16.1 Å². The minimum Gasteiger partial charge on any atom is -0.378 e. The van der Waals surface area contributed by atoms with Gasteiger partial charge in [-0.3, -0.25) is 14.3 Å². The molecular formula is C18H19N5O3. The number of carbonyl (C=O) groups excluding carboxylic acids is 2. The van der Waals surface area contributed by atoms with Gasteiger partial charge in [0.15, 0.2) is 0 Å². The first-order valence-electron chi connectivity index (χ1n) is 8.46. The number of ether oxygens (including phenoxy) is 1. The van der Waals surface area contributed by atoms with Gasteiger partial charge in [0.2, 0.25) is 5.91 Å². The van der Waals surface area contributed by atoms with Crippen molar-refractivity contribution in [2.45, 2.75) is 6.54 Å². The minimum atomic E-state index is -0.225. The van der Waals surface area contributed by atoms with E-state index < -0.39 is 0 Å². The van der Waals surface area contributed by atoms with Crippen molar-refractivity contribution in [3.8, 4) is 0 Å². The number of hydrogen-bond acceptors (Lipinski definition) is 4. The van der Waals surface area contributed by atoms with Crippen LogP contribution in [0.2, 0.25) is 0 Å². The van der Waals surface area contributed by atoms with Gasteiger partial charge < -0.3 is 19.9 Å². The van der Waals surface area contributed by atoms with Crippen molar-refractivity contribution in [2.24, 2.45) is 0 Å². The van der Waals surface area contributed by atoms with Gasteiger partial charge in [-0.25, -0.2) is 0 Å². The molecule has 0 unspecified atom stereocenters. The predicted octanol–water partition coefficient (Wildman–Crippen LogP) is 1.48. The Morgan fingerprint density at radius 2 is 2.08 bits per heavy atom. The first-order valence-corrected chi connectivity index (χ1v) is 8.46. The zero-order valence-electron chi connectivity index (χ0n) is 14.1. The molecule has 2 amide bonds. The predicted molar refractivity (Wildman–Crippen MR) is 95.9 cm³/mol. The van der Waals surface area contributed by atoms with Crippen LogP contribution in [0.25, 0.3) is 10.9 Å². The van der Waals surface area contributed by atoms with Gasteiger partial charge in [-0.1, -0.05) is 12.1 Å². The van der Waals surface area contributed by atoms with E-state index in [1.807, 2.05) is 18.2 Å². The summed E-state index contributed by atoms with van der Waals surface area (Å²) in [6.45, 7) is 2.47. The highest BCUT2D eigenvalue weighted by Gasteiger charge is 2.18. The van der Waals surface area contributed by atoms with Gasteiger partial charge in [-0.05, 0) is 12.1 Å². The topological polar surface area (TPSA) is 92.2 Å². The molecule has 8 heteroatoms. The quantitative estimate of drug-likeness (QED) is 0.743. The van der Waals surface area contributed by atoms with E-state index in [-0.39, 0.29) is 18.4 Å². The number of benzene rings is 1. The van der Waals surface area contributed by atoms with E-state index in [1.165, 1.54) is 4.68 Å². The molecule has 1 aromatic carbocycles. The smallest absolute Gasteiger partial charge is 0.257 e. The van der Waals surface area contributed by atoms with Crippen LogP contribution in [0.4, 0.5) is 5.69 Å². The summed E-state index contributed by atoms with van der Waals surface area (Å²) in [4.78, 5) is 29.6. The highest BCUT2D eigenvalue weighted by atomic mass is 16.5. The molecule has 0 aliphatic carbocycles. The fourth-order valence-corrected chi connectivity index (χ4v) is 3.04. The van der Waals surface area contributed by atoms with Crippen LogP contribution in [0.3, 0.4) is 0 Å². The lowest BCUT2D eigenvalue weighted by Gasteiger charge is -2.26. The number of rotatable bonds is 4. The summed E-state index contributed by atoms with van der Waals surface area (Å²) >= 11 is 0. The Morgan fingerprint density at radius 3 is 2.92 bits per heavy atom. The second kappa shape index (κ2) is 7.01. The van der Waals surface area contributed by atoms with Gasteiger partial charge in [0.1, 0.15) is 6.54 Å². The number of morpholine rings is 1. The first kappa shape index (κ1) is 16.3. The molecule has 0 bridgehead atoms. The van der Waals surface area contributed by atoms with Crippen molar-refractivity contribution >= 4 is 28.4 Å². The Bertz CT molecular complexity index is 939. The second-order valence-electron chi connectivity index (χ2n) is 6.12. The Labute approximate surface area is 149 Å². The summed E-state index contributed by atoms with van der Waals surface area (Å²) in [6, 6.07) is 7.47. The largest absolute Gasteiger partial charge is 0.378 e. The number of anilines is 1. The molecule has 2 N–H and O–H groups in total. The van der Waals surface area contributed by atoms with Crippen molar-refractivity contribution < 1.29 is 14.3 Å². The van der Waals surface area contributed by atoms with Crippen LogP contribution < -0.4 is 5.32 Å². The third-order valence-corrected chi connectivity index (χ3v) is 4.38. The van der Waals surface area contributed by atoms with E-state index in [1.54, 1.807) is 29.6 Å². The van der Waals surface area contributed by atoms with Crippen LogP contribution in [0.15, 0.2) is 42.9 Å². The number of nitrogens with one attached hydrogen (secondary N) is 2. The lowest BCUT2D eigenvalue weighted by atomic mass is 10.1. The summed E-state index contributed by atoms with van der Waals surface area (Å²) in [7, 11) is 0. The molecule has 26 heavy (non-hydrogen) atoms. The number of aromatic amines is 1. The minimum absolute atomic E-state index is 0.00886. The standard InChI is InChI=1S/C18H19N5O3/c24-16(22-6-8-26-9-7-22)12-23-11-14(10-20-23)21-18(25)15-3-1-2-13-4-5-19-17(13)15/h1-5,10-11,19H,6-9,12H2,(H,21,25). The average Bonchev–Trinajstić information content (AvgIpc) is 3.31. The number of para-hydroxylation sites is 1. The number of aromatic nitrogens is 3. The number of fused-ring (bicyclic) bond motifs is 1. The first-order chi connectivity index (χ1) is 12.7. The molecular weight excluding hydrogens is 334 g/mol. The number of H-pyrrole nitrogens is 1. The fraction of sp³-hybridized carbons (Fsp3) is 0.278. The highest BCUT2D eigenvalue weighted by molar-refractivity contribution is 6.11. The van der Waals surface area contributed by atoms with Crippen LogP contribution in [0, 0.1) is 0 Å². The van der Waals surface area contributed by atoms with Crippen LogP contribution in [-0.4, -0.2) is 57.8 Å². The normalized spacial score (nSPS) is 14.5. The van der Waals surface area contributed by atoms with Crippen molar-refractivity contribution in [2.75, 3.05) is 31.6 Å². The summed E-state index contributed by atoms with van der Waals surface area (Å²) < 4.78 is 6.78. The summed E-state index contributed by atoms with van der Waals surface area (Å²) in [5.74, 6) is -0.234. The molecule has 2 aromatic heterocycles. The molecule has 0 saturated carbocycles. The van der Waals surface area contributed by atoms with E-state index >= 15 is 0 Å². The van der Waals surface area contributed by atoms with Crippen molar-refractivity contribution in [1.82, 2.24) is 19.7 Å². The summed E-state index contributed by atoms with van der Waals surface area (Å²) in [5, 5.41) is 7.97. The molecule has 8 nitrogen and oxygen atoms in total. The Kier molecular flexibility index (Phi) is 4.40. The van der Waals surface area contributed by atoms with Crippen LogP contribution in [0.5, 0.6) is 0 Å². The van der Waals surface area contributed by atoms with Gasteiger partial charge in [-0.2, -0.15) is 5.10 Å². The second-order valence-corrected chi connectivity index (χ2v) is 6.12. The molecule has 1 aliphatic rings. The SMILES string of the molecule is O=C(Nc1cnn(CC(=O)N2CCOCC2)c1)c1cccc2cc[nH]c12. The molecule has 1 saturated heterocycles. The molecule has 0 spiro atoms. The molecule has 3 heterocycles. The average molecular weight is 353 g/mol. The van der Waals surface area contributed by atoms with Gasteiger partial charge in [0, 0.05) is 30.9 Å². The maximum absolute atomic E-state index is 12.5. The molecule has 1 aliphatic heterocycles. The maximum atomic E-state index is 12.5. The number of carbonyl (C=O) groups is 2. The summed E-state index contributed by atoms with van der Waals surface area (Å²) in [5.41, 5.74) is 1.90. The van der Waals surface area contributed by atoms with Gasteiger partial charge in [0.25, 0.3) is 5.91 Å². The zero-order valence-corrected chi connectivity index (χ0v) is 14.1. The van der Waals surface area contributed by atoms with Crippen molar-refractivity contribution in [1.29, 1.82) is 0 Å². The maximum Gasteiger partial charge on any atom is 0.257 e. The molecule has 4 rings (SSSR count). The van der Waals surface area contributed by atoms with Gasteiger partial charge in [0.05, 0.1) is 36.2 Å². The lowest BCUT2D eigenvalue weighted by Crippen LogP contribution is -2.42. The van der Waals surface area contributed by atoms with E-state index in [0.29, 0.717) is 37.6 Å². The Morgan fingerprint density at radius 1 is 1.23 bits per heavy atom. The van der Waals surface area contributed by atoms with E-state index in [4.69, 9.17) is 4.74 Å². The molecule has 3 aromatic rings. The third-order valence-electron chi connectivity index (χ3n) is 4.38. The summed E-state index contributed by atoms with van der Waals surface area (Å²) in [6.07, 6.45) is 5.00. The third kappa shape index (κ3) is 3.31. The Hall–Kier alpha value is -3.13. The Balaban J connectivity index is 1.42. The molecule has 1 fully saturated rings. The van der Waals surface area contributed by atoms with Crippen LogP contribution >= 0.6 is 0 Å².